The van der Waals surface area contributed by atoms with Crippen LogP contribution < -0.4 is 4.74 Å². The minimum absolute atomic E-state index is 0.134. The predicted octanol–water partition coefficient (Wildman–Crippen LogP) is 2.69. The number of hydrogen-bond donors (Lipinski definition) is 1. The van der Waals surface area contributed by atoms with Crippen molar-refractivity contribution in [1.29, 1.82) is 0 Å². The van der Waals surface area contributed by atoms with Crippen LogP contribution in [-0.4, -0.2) is 12.2 Å². The first kappa shape index (κ1) is 9.65. The van der Waals surface area contributed by atoms with E-state index >= 15 is 0 Å². The van der Waals surface area contributed by atoms with Crippen LogP contribution in [0.5, 0.6) is 11.5 Å². The van der Waals surface area contributed by atoms with E-state index in [9.17, 15) is 5.11 Å². The summed E-state index contributed by atoms with van der Waals surface area (Å²) in [6.45, 7) is 5.66. The van der Waals surface area contributed by atoms with Gasteiger partial charge in [-0.25, -0.2) is 0 Å². The van der Waals surface area contributed by atoms with E-state index in [0.717, 1.165) is 5.56 Å². The molecule has 1 rings (SSSR count). The van der Waals surface area contributed by atoms with E-state index in [1.165, 1.54) is 7.11 Å². The van der Waals surface area contributed by atoms with E-state index < -0.39 is 0 Å². The van der Waals surface area contributed by atoms with Crippen LogP contribution in [0.1, 0.15) is 18.4 Å². The fourth-order valence-corrected chi connectivity index (χ4v) is 1.20. The van der Waals surface area contributed by atoms with Crippen molar-refractivity contribution in [1.82, 2.24) is 0 Å². The number of phenolic OH excluding ortho intramolecular Hbond substituents is 1. The van der Waals surface area contributed by atoms with E-state index in [1.807, 2.05) is 19.1 Å². The summed E-state index contributed by atoms with van der Waals surface area (Å²) in [6, 6.07) is 5.45. The number of benzene rings is 1. The molecule has 0 heterocycles. The Labute approximate surface area is 78.5 Å². The molecule has 0 bridgehead atoms. The van der Waals surface area contributed by atoms with Crippen LogP contribution in [0.3, 0.4) is 0 Å². The average Bonchev–Trinajstić information content (AvgIpc) is 2.17. The number of aromatic hydroxyl groups is 1. The predicted molar refractivity (Wildman–Crippen MR) is 53.3 cm³/mol. The first-order valence-electron chi connectivity index (χ1n) is 4.19. The van der Waals surface area contributed by atoms with Gasteiger partial charge in [-0.15, -0.1) is 6.58 Å². The molecule has 0 saturated heterocycles. The summed E-state index contributed by atoms with van der Waals surface area (Å²) in [7, 11) is 1.54. The van der Waals surface area contributed by atoms with Crippen molar-refractivity contribution in [3.63, 3.8) is 0 Å². The summed E-state index contributed by atoms with van der Waals surface area (Å²) in [5.74, 6) is 0.846. The van der Waals surface area contributed by atoms with Crippen molar-refractivity contribution in [3.8, 4) is 11.5 Å². The first-order valence-corrected chi connectivity index (χ1v) is 4.19. The molecular formula is C11H14O2. The van der Waals surface area contributed by atoms with Crippen LogP contribution >= 0.6 is 0 Å². The third kappa shape index (κ3) is 1.83. The summed E-state index contributed by atoms with van der Waals surface area (Å²) < 4.78 is 5.00. The van der Waals surface area contributed by atoms with Gasteiger partial charge in [0.05, 0.1) is 7.11 Å². The number of hydrogen-bond acceptors (Lipinski definition) is 2. The highest BCUT2D eigenvalue weighted by atomic mass is 16.5. The van der Waals surface area contributed by atoms with Crippen molar-refractivity contribution in [2.75, 3.05) is 7.11 Å². The topological polar surface area (TPSA) is 29.5 Å². The fraction of sp³-hybridized carbons (Fsp3) is 0.273. The molecule has 1 aromatic carbocycles. The van der Waals surface area contributed by atoms with Crippen LogP contribution in [0.25, 0.3) is 0 Å². The lowest BCUT2D eigenvalue weighted by atomic mass is 10.00. The number of methoxy groups -OCH3 is 1. The Balaban J connectivity index is 3.14. The third-order valence-electron chi connectivity index (χ3n) is 2.09. The molecule has 70 valence electrons. The molecule has 0 aliphatic heterocycles. The minimum Gasteiger partial charge on any atom is -0.504 e. The number of rotatable bonds is 3. The minimum atomic E-state index is 0.134. The van der Waals surface area contributed by atoms with Crippen molar-refractivity contribution in [2.45, 2.75) is 12.8 Å². The average molecular weight is 178 g/mol. The zero-order chi connectivity index (χ0) is 9.84. The maximum absolute atomic E-state index is 9.72. The zero-order valence-corrected chi connectivity index (χ0v) is 7.95. The number of allylic oxidation sites excluding steroid dienone is 1. The molecule has 13 heavy (non-hydrogen) atoms. The fourth-order valence-electron chi connectivity index (χ4n) is 1.20. The van der Waals surface area contributed by atoms with Crippen LogP contribution in [0, 0.1) is 0 Å². The quantitative estimate of drug-likeness (QED) is 0.721. The molecule has 0 aliphatic carbocycles. The number of para-hydroxylation sites is 1. The van der Waals surface area contributed by atoms with E-state index in [-0.39, 0.29) is 11.7 Å². The van der Waals surface area contributed by atoms with Gasteiger partial charge in [0.25, 0.3) is 0 Å². The van der Waals surface area contributed by atoms with Crippen LogP contribution in [-0.2, 0) is 0 Å². The lowest BCUT2D eigenvalue weighted by Crippen LogP contribution is -1.92. The van der Waals surface area contributed by atoms with Crippen molar-refractivity contribution in [2.24, 2.45) is 0 Å². The highest BCUT2D eigenvalue weighted by molar-refractivity contribution is 5.47. The molecule has 0 aliphatic rings. The van der Waals surface area contributed by atoms with Crippen molar-refractivity contribution < 1.29 is 9.84 Å². The third-order valence-corrected chi connectivity index (χ3v) is 2.09. The highest BCUT2D eigenvalue weighted by Crippen LogP contribution is 2.34. The Bertz CT molecular complexity index is 305. The van der Waals surface area contributed by atoms with Gasteiger partial charge in [-0.3, -0.25) is 0 Å². The Morgan fingerprint density at radius 2 is 2.23 bits per heavy atom. The van der Waals surface area contributed by atoms with Gasteiger partial charge in [0, 0.05) is 11.5 Å². The second kappa shape index (κ2) is 3.99. The van der Waals surface area contributed by atoms with Gasteiger partial charge in [-0.1, -0.05) is 25.1 Å². The monoisotopic (exact) mass is 178 g/mol. The summed E-state index contributed by atoms with van der Waals surface area (Å²) >= 11 is 0. The highest BCUT2D eigenvalue weighted by Gasteiger charge is 2.10. The largest absolute Gasteiger partial charge is 0.504 e. The van der Waals surface area contributed by atoms with Gasteiger partial charge in [0.2, 0.25) is 0 Å². The molecule has 2 heteroatoms. The maximum Gasteiger partial charge on any atom is 0.161 e. The Morgan fingerprint density at radius 1 is 1.54 bits per heavy atom. The molecule has 0 fully saturated rings. The summed E-state index contributed by atoms with van der Waals surface area (Å²) in [6.07, 6.45) is 1.79. The summed E-state index contributed by atoms with van der Waals surface area (Å²) in [5.41, 5.74) is 0.842. The molecule has 2 nitrogen and oxygen atoms in total. The number of ether oxygens (including phenoxy) is 1. The Kier molecular flexibility index (Phi) is 2.96. The molecule has 0 saturated carbocycles. The van der Waals surface area contributed by atoms with Gasteiger partial charge >= 0.3 is 0 Å². The smallest absolute Gasteiger partial charge is 0.161 e. The van der Waals surface area contributed by atoms with Crippen molar-refractivity contribution >= 4 is 0 Å². The zero-order valence-electron chi connectivity index (χ0n) is 7.95. The van der Waals surface area contributed by atoms with Crippen LogP contribution in [0.2, 0.25) is 0 Å². The molecule has 0 amide bonds. The second-order valence-corrected chi connectivity index (χ2v) is 2.92. The van der Waals surface area contributed by atoms with E-state index in [4.69, 9.17) is 4.74 Å². The molecule has 1 atom stereocenters. The maximum atomic E-state index is 9.72. The molecule has 0 spiro atoms. The van der Waals surface area contributed by atoms with E-state index in [1.54, 1.807) is 12.1 Å². The van der Waals surface area contributed by atoms with Crippen LogP contribution in [0.4, 0.5) is 0 Å². The Morgan fingerprint density at radius 3 is 2.77 bits per heavy atom. The molecule has 1 N–H and O–H groups in total. The van der Waals surface area contributed by atoms with E-state index in [2.05, 4.69) is 6.58 Å². The van der Waals surface area contributed by atoms with Crippen molar-refractivity contribution in [3.05, 3.63) is 36.4 Å². The second-order valence-electron chi connectivity index (χ2n) is 2.92. The Hall–Kier alpha value is -1.44. The summed E-state index contributed by atoms with van der Waals surface area (Å²) in [5, 5.41) is 9.72. The SMILES string of the molecule is C=CC(C)c1cccc(OC)c1O. The van der Waals surface area contributed by atoms with Gasteiger partial charge in [-0.2, -0.15) is 0 Å². The summed E-state index contributed by atoms with van der Waals surface area (Å²) in [4.78, 5) is 0. The normalized spacial score (nSPS) is 12.2. The molecule has 0 radical (unpaired) electrons. The standard InChI is InChI=1S/C11H14O2/c1-4-8(2)9-6-5-7-10(13-3)11(9)12/h4-8,12H,1H2,2-3H3. The lowest BCUT2D eigenvalue weighted by Gasteiger charge is -2.11. The molecular weight excluding hydrogens is 164 g/mol. The number of phenols is 1. The molecule has 0 aromatic heterocycles. The molecule has 1 unspecified atom stereocenters. The van der Waals surface area contributed by atoms with Crippen LogP contribution in [0.15, 0.2) is 30.9 Å². The van der Waals surface area contributed by atoms with E-state index in [0.29, 0.717) is 5.75 Å². The van der Waals surface area contributed by atoms with Gasteiger partial charge in [0.1, 0.15) is 0 Å². The van der Waals surface area contributed by atoms with Gasteiger partial charge < -0.3 is 9.84 Å². The first-order chi connectivity index (χ1) is 6.20. The van der Waals surface area contributed by atoms with Gasteiger partial charge in [-0.05, 0) is 6.07 Å². The van der Waals surface area contributed by atoms with Gasteiger partial charge in [0.15, 0.2) is 11.5 Å². The molecule has 1 aromatic rings. The lowest BCUT2D eigenvalue weighted by molar-refractivity contribution is 0.370.